The van der Waals surface area contributed by atoms with E-state index in [1.165, 1.54) is 0 Å². The summed E-state index contributed by atoms with van der Waals surface area (Å²) in [5, 5.41) is 15.8. The maximum Gasteiger partial charge on any atom is 0.275 e. The standard InChI is InChI=1S/C10H7IN6/c11-8-6-12-16(7-8)10-13-14-15-17(10)9-4-2-1-3-5-9/h1-7H. The van der Waals surface area contributed by atoms with E-state index in [0.717, 1.165) is 9.26 Å². The van der Waals surface area contributed by atoms with Crippen molar-refractivity contribution < 1.29 is 0 Å². The fourth-order valence-electron chi connectivity index (χ4n) is 1.47. The molecule has 0 amide bonds. The quantitative estimate of drug-likeness (QED) is 0.664. The average molecular weight is 338 g/mol. The number of hydrogen-bond acceptors (Lipinski definition) is 4. The van der Waals surface area contributed by atoms with Crippen molar-refractivity contribution in [2.45, 2.75) is 0 Å². The molecule has 0 fully saturated rings. The summed E-state index contributed by atoms with van der Waals surface area (Å²) in [4.78, 5) is 0. The van der Waals surface area contributed by atoms with Gasteiger partial charge >= 0.3 is 0 Å². The van der Waals surface area contributed by atoms with Crippen LogP contribution in [0.25, 0.3) is 11.6 Å². The minimum atomic E-state index is 0.569. The lowest BCUT2D eigenvalue weighted by atomic mass is 10.3. The first-order valence-corrected chi connectivity index (χ1v) is 5.97. The topological polar surface area (TPSA) is 61.4 Å². The molecule has 0 N–H and O–H groups in total. The van der Waals surface area contributed by atoms with E-state index in [1.807, 2.05) is 36.5 Å². The van der Waals surface area contributed by atoms with Gasteiger partial charge < -0.3 is 0 Å². The molecule has 2 aromatic heterocycles. The van der Waals surface area contributed by atoms with E-state index in [0.29, 0.717) is 5.95 Å². The van der Waals surface area contributed by atoms with Crippen LogP contribution in [0.1, 0.15) is 0 Å². The van der Waals surface area contributed by atoms with E-state index in [4.69, 9.17) is 0 Å². The molecule has 3 aromatic rings. The number of rotatable bonds is 2. The summed E-state index contributed by atoms with van der Waals surface area (Å²) < 4.78 is 4.32. The summed E-state index contributed by atoms with van der Waals surface area (Å²) in [6, 6.07) is 9.70. The minimum Gasteiger partial charge on any atom is -0.204 e. The number of aromatic nitrogens is 6. The highest BCUT2D eigenvalue weighted by Crippen LogP contribution is 2.11. The third-order valence-corrected chi connectivity index (χ3v) is 2.77. The molecule has 17 heavy (non-hydrogen) atoms. The van der Waals surface area contributed by atoms with Gasteiger partial charge in [0, 0.05) is 6.20 Å². The van der Waals surface area contributed by atoms with Crippen molar-refractivity contribution in [1.29, 1.82) is 0 Å². The highest BCUT2D eigenvalue weighted by molar-refractivity contribution is 14.1. The Morgan fingerprint density at radius 2 is 1.94 bits per heavy atom. The Kier molecular flexibility index (Phi) is 2.59. The second kappa shape index (κ2) is 4.24. The zero-order valence-corrected chi connectivity index (χ0v) is 10.8. The SMILES string of the molecule is Ic1cnn(-c2nnnn2-c2ccccc2)c1. The van der Waals surface area contributed by atoms with Crippen LogP contribution in [0.5, 0.6) is 0 Å². The highest BCUT2D eigenvalue weighted by Gasteiger charge is 2.10. The molecule has 84 valence electrons. The summed E-state index contributed by atoms with van der Waals surface area (Å²) >= 11 is 2.19. The number of para-hydroxylation sites is 1. The second-order valence-corrected chi connectivity index (χ2v) is 4.57. The van der Waals surface area contributed by atoms with Crippen molar-refractivity contribution in [3.63, 3.8) is 0 Å². The Hall–Kier alpha value is -1.77. The van der Waals surface area contributed by atoms with Gasteiger partial charge in [-0.15, -0.1) is 0 Å². The van der Waals surface area contributed by atoms with E-state index >= 15 is 0 Å². The second-order valence-electron chi connectivity index (χ2n) is 3.33. The van der Waals surface area contributed by atoms with Crippen LogP contribution >= 0.6 is 22.6 Å². The predicted octanol–water partition coefficient (Wildman–Crippen LogP) is 1.45. The van der Waals surface area contributed by atoms with Crippen molar-refractivity contribution in [3.8, 4) is 11.6 Å². The van der Waals surface area contributed by atoms with Gasteiger partial charge in [-0.25, -0.2) is 4.68 Å². The van der Waals surface area contributed by atoms with Gasteiger partial charge in [0.1, 0.15) is 0 Å². The van der Waals surface area contributed by atoms with Gasteiger partial charge in [-0.05, 0) is 45.2 Å². The molecule has 0 bridgehead atoms. The zero-order valence-electron chi connectivity index (χ0n) is 8.60. The molecule has 0 unspecified atom stereocenters. The van der Waals surface area contributed by atoms with E-state index in [9.17, 15) is 0 Å². The number of benzene rings is 1. The normalized spacial score (nSPS) is 10.6. The summed E-state index contributed by atoms with van der Waals surface area (Å²) in [5.74, 6) is 0.569. The molecule has 3 rings (SSSR count). The van der Waals surface area contributed by atoms with Crippen LogP contribution in [0.4, 0.5) is 0 Å². The maximum absolute atomic E-state index is 4.19. The van der Waals surface area contributed by atoms with E-state index in [1.54, 1.807) is 15.6 Å². The number of nitrogens with zero attached hydrogens (tertiary/aromatic N) is 6. The van der Waals surface area contributed by atoms with E-state index in [2.05, 4.69) is 43.2 Å². The smallest absolute Gasteiger partial charge is 0.204 e. The van der Waals surface area contributed by atoms with Gasteiger partial charge in [-0.1, -0.05) is 23.3 Å². The fraction of sp³-hybridized carbons (Fsp3) is 0. The maximum atomic E-state index is 4.19. The highest BCUT2D eigenvalue weighted by atomic mass is 127. The van der Waals surface area contributed by atoms with Crippen molar-refractivity contribution in [1.82, 2.24) is 30.0 Å². The molecule has 0 saturated heterocycles. The Morgan fingerprint density at radius 1 is 1.12 bits per heavy atom. The van der Waals surface area contributed by atoms with Crippen LogP contribution in [0, 0.1) is 3.57 Å². The average Bonchev–Trinajstić information content (AvgIpc) is 2.98. The fourth-order valence-corrected chi connectivity index (χ4v) is 1.86. The summed E-state index contributed by atoms with van der Waals surface area (Å²) in [5.41, 5.74) is 0.901. The zero-order chi connectivity index (χ0) is 11.7. The molecule has 2 heterocycles. The number of halogens is 1. The monoisotopic (exact) mass is 338 g/mol. The molecule has 0 aliphatic heterocycles. The Bertz CT molecular complexity index is 629. The molecule has 0 spiro atoms. The van der Waals surface area contributed by atoms with E-state index in [-0.39, 0.29) is 0 Å². The summed E-state index contributed by atoms with van der Waals surface area (Å²) in [7, 11) is 0. The van der Waals surface area contributed by atoms with Gasteiger partial charge in [0.25, 0.3) is 5.95 Å². The van der Waals surface area contributed by atoms with Crippen molar-refractivity contribution in [2.24, 2.45) is 0 Å². The number of hydrogen-bond donors (Lipinski definition) is 0. The summed E-state index contributed by atoms with van der Waals surface area (Å²) in [6.07, 6.45) is 3.62. The lowest BCUT2D eigenvalue weighted by molar-refractivity contribution is 0.740. The van der Waals surface area contributed by atoms with Crippen LogP contribution < -0.4 is 0 Å². The van der Waals surface area contributed by atoms with Crippen molar-refractivity contribution >= 4 is 22.6 Å². The van der Waals surface area contributed by atoms with Crippen LogP contribution in [-0.4, -0.2) is 30.0 Å². The number of tetrazole rings is 1. The predicted molar refractivity (Wildman–Crippen MR) is 69.0 cm³/mol. The van der Waals surface area contributed by atoms with Gasteiger partial charge in [0.15, 0.2) is 0 Å². The first kappa shape index (κ1) is 10.4. The third-order valence-electron chi connectivity index (χ3n) is 2.21. The molecular formula is C10H7IN6. The molecule has 6 nitrogen and oxygen atoms in total. The molecular weight excluding hydrogens is 331 g/mol. The van der Waals surface area contributed by atoms with Gasteiger partial charge in [-0.2, -0.15) is 9.78 Å². The molecule has 0 aliphatic carbocycles. The molecule has 7 heteroatoms. The first-order valence-electron chi connectivity index (χ1n) is 4.89. The van der Waals surface area contributed by atoms with Crippen LogP contribution in [0.2, 0.25) is 0 Å². The Labute approximate surface area is 110 Å². The van der Waals surface area contributed by atoms with E-state index < -0.39 is 0 Å². The van der Waals surface area contributed by atoms with Gasteiger partial charge in [0.05, 0.1) is 15.5 Å². The Morgan fingerprint density at radius 3 is 2.65 bits per heavy atom. The largest absolute Gasteiger partial charge is 0.275 e. The third kappa shape index (κ3) is 1.93. The van der Waals surface area contributed by atoms with Crippen LogP contribution in [0.3, 0.4) is 0 Å². The van der Waals surface area contributed by atoms with Crippen molar-refractivity contribution in [3.05, 3.63) is 46.3 Å². The lowest BCUT2D eigenvalue weighted by Gasteiger charge is -2.02. The summed E-state index contributed by atoms with van der Waals surface area (Å²) in [6.45, 7) is 0. The Balaban J connectivity index is 2.12. The molecule has 0 saturated carbocycles. The van der Waals surface area contributed by atoms with Crippen LogP contribution in [0.15, 0.2) is 42.7 Å². The molecule has 0 atom stereocenters. The van der Waals surface area contributed by atoms with Gasteiger partial charge in [-0.3, -0.25) is 0 Å². The molecule has 0 radical (unpaired) electrons. The van der Waals surface area contributed by atoms with Crippen molar-refractivity contribution in [2.75, 3.05) is 0 Å². The molecule has 1 aromatic carbocycles. The minimum absolute atomic E-state index is 0.569. The lowest BCUT2D eigenvalue weighted by Crippen LogP contribution is -2.06. The first-order chi connectivity index (χ1) is 8.34. The van der Waals surface area contributed by atoms with Gasteiger partial charge in [0.2, 0.25) is 0 Å². The molecule has 0 aliphatic rings. The van der Waals surface area contributed by atoms with Crippen LogP contribution in [-0.2, 0) is 0 Å².